The van der Waals surface area contributed by atoms with Crippen LogP contribution in [0, 0.1) is 0 Å². The van der Waals surface area contributed by atoms with E-state index in [-0.39, 0.29) is 10.5 Å². The maximum Gasteiger partial charge on any atom is 0.573 e. The molecule has 0 bridgehead atoms. The van der Waals surface area contributed by atoms with Crippen LogP contribution in [0.3, 0.4) is 0 Å². The normalized spacial score (nSPS) is 17.9. The number of nitrogens with zero attached hydrogens (tertiary/aromatic N) is 1. The quantitative estimate of drug-likeness (QED) is 0.444. The number of hydrogen-bond acceptors (Lipinski definition) is 7. The van der Waals surface area contributed by atoms with E-state index in [1.165, 1.54) is 30.5 Å². The number of thioether (sulfide) groups is 1. The molecular weight excluding hydrogens is 485 g/mol. The lowest BCUT2D eigenvalue weighted by Crippen LogP contribution is -2.18. The first-order valence-electron chi connectivity index (χ1n) is 10.4. The van der Waals surface area contributed by atoms with Gasteiger partial charge in [-0.05, 0) is 47.7 Å². The number of carbonyl (C=O) groups excluding carboxylic acids is 2. The van der Waals surface area contributed by atoms with Crippen LogP contribution in [0.1, 0.15) is 25.0 Å². The Bertz CT molecular complexity index is 1380. The molecule has 3 heterocycles. The molecule has 0 spiro atoms. The topological polar surface area (TPSA) is 90.7 Å². The Labute approximate surface area is 201 Å². The smallest absolute Gasteiger partial charge is 0.492 e. The van der Waals surface area contributed by atoms with Crippen molar-refractivity contribution >= 4 is 29.0 Å². The Morgan fingerprint density at radius 3 is 2.60 bits per heavy atom. The van der Waals surface area contributed by atoms with Gasteiger partial charge in [0.1, 0.15) is 11.5 Å². The van der Waals surface area contributed by atoms with Crippen LogP contribution >= 0.6 is 11.8 Å². The third kappa shape index (κ3) is 4.51. The van der Waals surface area contributed by atoms with Crippen LogP contribution in [0.2, 0.25) is 0 Å². The molecule has 0 aliphatic carbocycles. The molecule has 2 aromatic carbocycles. The average Bonchev–Trinajstić information content (AvgIpc) is 3.48. The highest BCUT2D eigenvalue weighted by atomic mass is 32.2. The lowest BCUT2D eigenvalue weighted by Gasteiger charge is -2.19. The minimum Gasteiger partial charge on any atom is -0.492 e. The molecule has 3 aromatic rings. The zero-order chi connectivity index (χ0) is 25.0. The lowest BCUT2D eigenvalue weighted by molar-refractivity contribution is -0.274. The number of aromatic nitrogens is 1. The number of amides is 2. The van der Waals surface area contributed by atoms with Gasteiger partial charge in [-0.15, -0.1) is 13.2 Å². The number of ether oxygens (including phenoxy) is 2. The van der Waals surface area contributed by atoms with E-state index in [4.69, 9.17) is 9.26 Å². The standard InChI is InChI=1S/C24H17F3N2O5S/c1-23(2)11-32-20-15(9-13(10-16(20)23)17-5-6-28-34-17)14-7-12(3-4-18(14)33-24(25,26)27)8-19-21(30)29-22(31)35-19/h3-10H,11H2,1-2H3,(H,29,30,31)/b19-8-. The minimum atomic E-state index is -4.94. The predicted molar refractivity (Wildman–Crippen MR) is 122 cm³/mol. The Hall–Kier alpha value is -3.73. The first-order valence-corrected chi connectivity index (χ1v) is 11.2. The number of carbonyl (C=O) groups is 2. The van der Waals surface area contributed by atoms with Gasteiger partial charge >= 0.3 is 6.36 Å². The molecule has 35 heavy (non-hydrogen) atoms. The van der Waals surface area contributed by atoms with Crippen molar-refractivity contribution in [2.75, 3.05) is 6.61 Å². The van der Waals surface area contributed by atoms with Crippen molar-refractivity contribution in [1.29, 1.82) is 0 Å². The number of alkyl halides is 3. The third-order valence-electron chi connectivity index (χ3n) is 5.58. The molecule has 1 saturated heterocycles. The largest absolute Gasteiger partial charge is 0.573 e. The number of rotatable bonds is 4. The summed E-state index contributed by atoms with van der Waals surface area (Å²) in [4.78, 5) is 23.6. The summed E-state index contributed by atoms with van der Waals surface area (Å²) in [6.45, 7) is 4.26. The van der Waals surface area contributed by atoms with Crippen molar-refractivity contribution in [1.82, 2.24) is 10.5 Å². The van der Waals surface area contributed by atoms with Crippen LogP contribution in [-0.2, 0) is 10.2 Å². The van der Waals surface area contributed by atoms with E-state index in [9.17, 15) is 22.8 Å². The maximum absolute atomic E-state index is 13.3. The van der Waals surface area contributed by atoms with Gasteiger partial charge in [-0.1, -0.05) is 25.1 Å². The summed E-state index contributed by atoms with van der Waals surface area (Å²) < 4.78 is 55.4. The van der Waals surface area contributed by atoms with Crippen LogP contribution in [0.4, 0.5) is 18.0 Å². The number of fused-ring (bicyclic) bond motifs is 1. The molecule has 2 amide bonds. The third-order valence-corrected chi connectivity index (χ3v) is 6.39. The summed E-state index contributed by atoms with van der Waals surface area (Å²) >= 11 is 0.711. The zero-order valence-corrected chi connectivity index (χ0v) is 19.2. The van der Waals surface area contributed by atoms with Gasteiger partial charge in [0.2, 0.25) is 0 Å². The zero-order valence-electron chi connectivity index (χ0n) is 18.4. The monoisotopic (exact) mass is 502 g/mol. The molecule has 2 aliphatic heterocycles. The van der Waals surface area contributed by atoms with Gasteiger partial charge < -0.3 is 14.0 Å². The average molecular weight is 502 g/mol. The summed E-state index contributed by atoms with van der Waals surface area (Å²) in [7, 11) is 0. The van der Waals surface area contributed by atoms with Crippen molar-refractivity contribution in [3.05, 3.63) is 58.6 Å². The first-order chi connectivity index (χ1) is 16.5. The van der Waals surface area contributed by atoms with E-state index in [0.29, 0.717) is 46.6 Å². The van der Waals surface area contributed by atoms with Gasteiger partial charge in [-0.2, -0.15) is 0 Å². The maximum atomic E-state index is 13.3. The number of nitrogens with one attached hydrogen (secondary N) is 1. The molecule has 1 N–H and O–H groups in total. The van der Waals surface area contributed by atoms with Gasteiger partial charge in [0.15, 0.2) is 5.76 Å². The van der Waals surface area contributed by atoms with Gasteiger partial charge in [0.05, 0.1) is 17.7 Å². The molecular formula is C24H17F3N2O5S. The molecule has 0 atom stereocenters. The summed E-state index contributed by atoms with van der Waals surface area (Å²) in [5.74, 6) is -0.149. The van der Waals surface area contributed by atoms with E-state index in [0.717, 1.165) is 5.56 Å². The number of benzene rings is 2. The van der Waals surface area contributed by atoms with E-state index in [1.807, 2.05) is 19.9 Å². The van der Waals surface area contributed by atoms with Gasteiger partial charge in [-0.3, -0.25) is 14.9 Å². The second-order valence-electron chi connectivity index (χ2n) is 8.61. The highest BCUT2D eigenvalue weighted by Gasteiger charge is 2.37. The first kappa shape index (κ1) is 23.0. The van der Waals surface area contributed by atoms with Crippen molar-refractivity contribution in [3.8, 4) is 33.9 Å². The van der Waals surface area contributed by atoms with Crippen LogP contribution < -0.4 is 14.8 Å². The highest BCUT2D eigenvalue weighted by molar-refractivity contribution is 8.18. The molecule has 5 rings (SSSR count). The number of imide groups is 1. The summed E-state index contributed by atoms with van der Waals surface area (Å²) in [5.41, 5.74) is 1.84. The SMILES string of the molecule is CC1(C)COc2c(-c3cc(/C=C4\SC(=O)NC4=O)ccc3OC(F)(F)F)cc(-c3ccno3)cc21. The fourth-order valence-electron chi connectivity index (χ4n) is 3.96. The number of hydrogen-bond donors (Lipinski definition) is 1. The van der Waals surface area contributed by atoms with Crippen LogP contribution in [-0.4, -0.2) is 29.3 Å². The van der Waals surface area contributed by atoms with Gasteiger partial charge in [0, 0.05) is 33.7 Å². The summed E-state index contributed by atoms with van der Waals surface area (Å²) in [5, 5.41) is 5.35. The van der Waals surface area contributed by atoms with E-state index < -0.39 is 28.7 Å². The molecule has 7 nitrogen and oxygen atoms in total. The Morgan fingerprint density at radius 2 is 1.94 bits per heavy atom. The van der Waals surface area contributed by atoms with Gasteiger partial charge in [0.25, 0.3) is 11.1 Å². The van der Waals surface area contributed by atoms with Gasteiger partial charge in [-0.25, -0.2) is 0 Å². The molecule has 2 aliphatic rings. The van der Waals surface area contributed by atoms with Crippen molar-refractivity contribution in [3.63, 3.8) is 0 Å². The summed E-state index contributed by atoms with van der Waals surface area (Å²) in [6, 6.07) is 9.17. The van der Waals surface area contributed by atoms with Crippen molar-refractivity contribution < 1.29 is 36.8 Å². The van der Waals surface area contributed by atoms with E-state index in [1.54, 1.807) is 12.1 Å². The predicted octanol–water partition coefficient (Wildman–Crippen LogP) is 5.90. The van der Waals surface area contributed by atoms with Crippen LogP contribution in [0.25, 0.3) is 28.5 Å². The Morgan fingerprint density at radius 1 is 1.14 bits per heavy atom. The Balaban J connectivity index is 1.72. The summed E-state index contributed by atoms with van der Waals surface area (Å²) in [6.07, 6.45) is -2.04. The second-order valence-corrected chi connectivity index (χ2v) is 9.62. The molecule has 1 fully saturated rings. The van der Waals surface area contributed by atoms with E-state index >= 15 is 0 Å². The van der Waals surface area contributed by atoms with Crippen molar-refractivity contribution in [2.45, 2.75) is 25.6 Å². The number of halogens is 3. The van der Waals surface area contributed by atoms with Crippen LogP contribution in [0.15, 0.2) is 52.0 Å². The minimum absolute atomic E-state index is 0.0988. The van der Waals surface area contributed by atoms with Crippen LogP contribution in [0.5, 0.6) is 11.5 Å². The van der Waals surface area contributed by atoms with Crippen molar-refractivity contribution in [2.24, 2.45) is 0 Å². The molecule has 0 radical (unpaired) electrons. The lowest BCUT2D eigenvalue weighted by atomic mass is 9.83. The van der Waals surface area contributed by atoms with E-state index in [2.05, 4.69) is 15.2 Å². The Kier molecular flexibility index (Phi) is 5.39. The molecule has 180 valence electrons. The fourth-order valence-corrected chi connectivity index (χ4v) is 4.64. The molecule has 0 saturated carbocycles. The molecule has 1 aromatic heterocycles. The second kappa shape index (κ2) is 8.19. The molecule has 11 heteroatoms. The molecule has 0 unspecified atom stereocenters. The fraction of sp³-hybridized carbons (Fsp3) is 0.208. The highest BCUT2D eigenvalue weighted by Crippen LogP contribution is 2.49.